The molecule has 1 rings (SSSR count). The number of hydrogen-bond acceptors (Lipinski definition) is 5. The van der Waals surface area contributed by atoms with Gasteiger partial charge in [-0.05, 0) is 6.42 Å². The van der Waals surface area contributed by atoms with Gasteiger partial charge in [-0.1, -0.05) is 20.8 Å². The summed E-state index contributed by atoms with van der Waals surface area (Å²) in [7, 11) is -1.54. The smallest absolute Gasteiger partial charge is 0.215 e. The van der Waals surface area contributed by atoms with Crippen molar-refractivity contribution in [1.82, 2.24) is 19.9 Å². The topological polar surface area (TPSA) is 86.7 Å². The highest BCUT2D eigenvalue weighted by molar-refractivity contribution is 7.89. The van der Waals surface area contributed by atoms with Gasteiger partial charge in [0, 0.05) is 50.7 Å². The summed E-state index contributed by atoms with van der Waals surface area (Å²) in [5.74, 6) is 0.666. The Kier molecular flexibility index (Phi) is 9.24. The Labute approximate surface area is 149 Å². The lowest BCUT2D eigenvalue weighted by atomic mass is 10.4. The van der Waals surface area contributed by atoms with Crippen molar-refractivity contribution in [1.29, 1.82) is 0 Å². The van der Waals surface area contributed by atoms with Crippen molar-refractivity contribution in [3.8, 4) is 0 Å². The van der Waals surface area contributed by atoms with Crippen LogP contribution in [0.2, 0.25) is 0 Å². The summed E-state index contributed by atoms with van der Waals surface area (Å²) < 4.78 is 25.7. The average Bonchev–Trinajstić information content (AvgIpc) is 3.02. The van der Waals surface area contributed by atoms with Gasteiger partial charge in [-0.15, -0.1) is 11.3 Å². The Balaban J connectivity index is 2.35. The first-order chi connectivity index (χ1) is 11.5. The van der Waals surface area contributed by atoms with E-state index in [0.29, 0.717) is 32.1 Å². The number of hydrogen-bond donors (Lipinski definition) is 2. The molecule has 138 valence electrons. The molecule has 0 spiro atoms. The maximum absolute atomic E-state index is 12.1. The molecule has 1 aromatic rings. The first kappa shape index (κ1) is 20.9. The fourth-order valence-corrected chi connectivity index (χ4v) is 4.45. The zero-order valence-electron chi connectivity index (χ0n) is 15.0. The van der Waals surface area contributed by atoms with Crippen LogP contribution in [0.4, 0.5) is 0 Å². The van der Waals surface area contributed by atoms with Gasteiger partial charge in [-0.3, -0.25) is 4.99 Å². The minimum absolute atomic E-state index is 0.0573. The van der Waals surface area contributed by atoms with Gasteiger partial charge < -0.3 is 10.6 Å². The molecule has 0 atom stereocenters. The second-order valence-corrected chi connectivity index (χ2v) is 8.44. The summed E-state index contributed by atoms with van der Waals surface area (Å²) in [6, 6.07) is 0. The minimum atomic E-state index is -3.21. The van der Waals surface area contributed by atoms with Crippen LogP contribution in [0.25, 0.3) is 0 Å². The highest BCUT2D eigenvalue weighted by Gasteiger charge is 2.18. The summed E-state index contributed by atoms with van der Waals surface area (Å²) in [5.41, 5.74) is 0. The average molecular weight is 376 g/mol. The number of aromatic nitrogens is 1. The molecule has 0 radical (unpaired) electrons. The minimum Gasteiger partial charge on any atom is -0.356 e. The standard InChI is InChI=1S/C15H29N5O2S2/c1-5-13-12-19-14(23-13)8-9-17-15(16-4)18-10-11-24(21,22)20(6-2)7-3/h12H,5-11H2,1-4H3,(H2,16,17,18). The normalized spacial score (nSPS) is 12.6. The molecule has 0 amide bonds. The SMILES string of the molecule is CCc1cnc(CCNC(=NC)NCCS(=O)(=O)N(CC)CC)s1. The molecule has 0 fully saturated rings. The predicted octanol–water partition coefficient (Wildman–Crippen LogP) is 1.08. The quantitative estimate of drug-likeness (QED) is 0.472. The predicted molar refractivity (Wildman–Crippen MR) is 101 cm³/mol. The van der Waals surface area contributed by atoms with Gasteiger partial charge in [-0.25, -0.2) is 17.7 Å². The van der Waals surface area contributed by atoms with E-state index in [1.807, 2.05) is 20.0 Å². The van der Waals surface area contributed by atoms with Crippen LogP contribution in [0.15, 0.2) is 11.2 Å². The number of guanidine groups is 1. The Morgan fingerprint density at radius 1 is 1.25 bits per heavy atom. The van der Waals surface area contributed by atoms with Crippen molar-refractivity contribution in [2.75, 3.05) is 39.0 Å². The Bertz CT molecular complexity index is 609. The number of nitrogens with one attached hydrogen (secondary N) is 2. The molecule has 0 bridgehead atoms. The van der Waals surface area contributed by atoms with Crippen LogP contribution in [0.3, 0.4) is 0 Å². The third kappa shape index (κ3) is 6.74. The van der Waals surface area contributed by atoms with Crippen molar-refractivity contribution in [3.05, 3.63) is 16.1 Å². The first-order valence-electron chi connectivity index (χ1n) is 8.32. The van der Waals surface area contributed by atoms with Crippen LogP contribution in [-0.2, 0) is 22.9 Å². The zero-order chi connectivity index (χ0) is 18.0. The Hall–Kier alpha value is -1.19. The molecule has 1 heterocycles. The van der Waals surface area contributed by atoms with Crippen LogP contribution >= 0.6 is 11.3 Å². The third-order valence-corrected chi connectivity index (χ3v) is 6.78. The van der Waals surface area contributed by atoms with Gasteiger partial charge >= 0.3 is 0 Å². The van der Waals surface area contributed by atoms with Crippen LogP contribution < -0.4 is 10.6 Å². The molecule has 0 aliphatic heterocycles. The molecule has 7 nitrogen and oxygen atoms in total. The number of aryl methyl sites for hydroxylation is 1. The summed E-state index contributed by atoms with van der Waals surface area (Å²) in [4.78, 5) is 9.78. The summed E-state index contributed by atoms with van der Waals surface area (Å²) in [6.45, 7) is 7.84. The van der Waals surface area contributed by atoms with E-state index in [0.717, 1.165) is 17.8 Å². The lowest BCUT2D eigenvalue weighted by Gasteiger charge is -2.19. The molecule has 0 aliphatic rings. The lowest BCUT2D eigenvalue weighted by Crippen LogP contribution is -2.42. The second-order valence-electron chi connectivity index (χ2n) is 5.15. The van der Waals surface area contributed by atoms with E-state index >= 15 is 0 Å². The molecule has 0 aliphatic carbocycles. The Morgan fingerprint density at radius 3 is 2.46 bits per heavy atom. The third-order valence-electron chi connectivity index (χ3n) is 3.56. The molecule has 2 N–H and O–H groups in total. The van der Waals surface area contributed by atoms with Crippen molar-refractivity contribution < 1.29 is 8.42 Å². The fraction of sp³-hybridized carbons (Fsp3) is 0.733. The largest absolute Gasteiger partial charge is 0.356 e. The highest BCUT2D eigenvalue weighted by Crippen LogP contribution is 2.13. The van der Waals surface area contributed by atoms with Gasteiger partial charge in [0.1, 0.15) is 0 Å². The van der Waals surface area contributed by atoms with E-state index in [2.05, 4.69) is 27.5 Å². The van der Waals surface area contributed by atoms with Crippen LogP contribution in [0.1, 0.15) is 30.7 Å². The number of sulfonamides is 1. The van der Waals surface area contributed by atoms with Crippen molar-refractivity contribution in [3.63, 3.8) is 0 Å². The van der Waals surface area contributed by atoms with Gasteiger partial charge in [0.05, 0.1) is 10.8 Å². The van der Waals surface area contributed by atoms with E-state index in [9.17, 15) is 8.42 Å². The molecule has 0 saturated heterocycles. The van der Waals surface area contributed by atoms with Gasteiger partial charge in [0.2, 0.25) is 10.0 Å². The maximum atomic E-state index is 12.1. The monoisotopic (exact) mass is 375 g/mol. The number of nitrogens with zero attached hydrogens (tertiary/aromatic N) is 3. The molecule has 0 unspecified atom stereocenters. The van der Waals surface area contributed by atoms with Crippen LogP contribution in [0.5, 0.6) is 0 Å². The number of thiazole rings is 1. The molecular weight excluding hydrogens is 346 g/mol. The second kappa shape index (κ2) is 10.6. The highest BCUT2D eigenvalue weighted by atomic mass is 32.2. The van der Waals surface area contributed by atoms with Crippen molar-refractivity contribution >= 4 is 27.3 Å². The van der Waals surface area contributed by atoms with Crippen LogP contribution in [-0.4, -0.2) is 62.6 Å². The molecular formula is C15H29N5O2S2. The number of rotatable bonds is 10. The van der Waals surface area contributed by atoms with Crippen molar-refractivity contribution in [2.45, 2.75) is 33.6 Å². The van der Waals surface area contributed by atoms with E-state index in [1.54, 1.807) is 18.4 Å². The Morgan fingerprint density at radius 2 is 1.92 bits per heavy atom. The maximum Gasteiger partial charge on any atom is 0.215 e. The van der Waals surface area contributed by atoms with Gasteiger partial charge in [0.25, 0.3) is 0 Å². The van der Waals surface area contributed by atoms with E-state index in [4.69, 9.17) is 0 Å². The van der Waals surface area contributed by atoms with E-state index < -0.39 is 10.0 Å². The van der Waals surface area contributed by atoms with Gasteiger partial charge in [0.15, 0.2) is 5.96 Å². The van der Waals surface area contributed by atoms with E-state index in [-0.39, 0.29) is 5.75 Å². The number of aliphatic imine (C=N–C) groups is 1. The molecule has 1 aromatic heterocycles. The zero-order valence-corrected chi connectivity index (χ0v) is 16.6. The fourth-order valence-electron chi connectivity index (χ4n) is 2.18. The summed E-state index contributed by atoms with van der Waals surface area (Å²) in [5, 5.41) is 7.33. The molecule has 0 aromatic carbocycles. The first-order valence-corrected chi connectivity index (χ1v) is 10.7. The van der Waals surface area contributed by atoms with E-state index in [1.165, 1.54) is 9.18 Å². The molecule has 9 heteroatoms. The lowest BCUT2D eigenvalue weighted by molar-refractivity contribution is 0.445. The summed E-state index contributed by atoms with van der Waals surface area (Å²) in [6.07, 6.45) is 3.75. The van der Waals surface area contributed by atoms with Gasteiger partial charge in [-0.2, -0.15) is 0 Å². The van der Waals surface area contributed by atoms with Crippen molar-refractivity contribution in [2.24, 2.45) is 4.99 Å². The molecule has 24 heavy (non-hydrogen) atoms. The van der Waals surface area contributed by atoms with Crippen LogP contribution in [0, 0.1) is 0 Å². The molecule has 0 saturated carbocycles. The summed E-state index contributed by atoms with van der Waals surface area (Å²) >= 11 is 1.73.